The minimum Gasteiger partial charge on any atom is -0.378 e. The van der Waals surface area contributed by atoms with Gasteiger partial charge < -0.3 is 4.74 Å². The molecule has 0 N–H and O–H groups in total. The number of hydrogen-bond acceptors (Lipinski definition) is 2. The van der Waals surface area contributed by atoms with Crippen molar-refractivity contribution in [2.24, 2.45) is 5.92 Å². The Kier molecular flexibility index (Phi) is 4.94. The van der Waals surface area contributed by atoms with Gasteiger partial charge in [-0.3, -0.25) is 4.79 Å². The second-order valence-corrected chi connectivity index (χ2v) is 5.20. The molecule has 18 heavy (non-hydrogen) atoms. The van der Waals surface area contributed by atoms with E-state index in [4.69, 9.17) is 4.74 Å². The first-order valence-electron chi connectivity index (χ1n) is 6.98. The van der Waals surface area contributed by atoms with Crippen molar-refractivity contribution in [3.05, 3.63) is 35.9 Å². The van der Waals surface area contributed by atoms with Crippen LogP contribution < -0.4 is 0 Å². The minimum absolute atomic E-state index is 0.119. The third-order valence-electron chi connectivity index (χ3n) is 3.69. The van der Waals surface area contributed by atoms with Crippen molar-refractivity contribution in [1.82, 2.24) is 0 Å². The summed E-state index contributed by atoms with van der Waals surface area (Å²) in [6, 6.07) is 9.59. The van der Waals surface area contributed by atoms with Gasteiger partial charge in [-0.15, -0.1) is 0 Å². The fourth-order valence-corrected chi connectivity index (χ4v) is 2.54. The van der Waals surface area contributed by atoms with Gasteiger partial charge in [0.1, 0.15) is 0 Å². The van der Waals surface area contributed by atoms with Crippen molar-refractivity contribution in [2.75, 3.05) is 6.61 Å². The highest BCUT2D eigenvalue weighted by molar-refractivity contribution is 5.97. The Hall–Kier alpha value is -1.15. The van der Waals surface area contributed by atoms with Crippen molar-refractivity contribution in [2.45, 2.75) is 45.1 Å². The van der Waals surface area contributed by atoms with E-state index >= 15 is 0 Å². The van der Waals surface area contributed by atoms with E-state index in [1.165, 1.54) is 12.8 Å². The fraction of sp³-hybridized carbons (Fsp3) is 0.562. The summed E-state index contributed by atoms with van der Waals surface area (Å²) in [5.74, 6) is 0.386. The molecule has 0 amide bonds. The van der Waals surface area contributed by atoms with Crippen LogP contribution in [0.3, 0.4) is 0 Å². The zero-order valence-corrected chi connectivity index (χ0v) is 11.1. The summed E-state index contributed by atoms with van der Waals surface area (Å²) in [7, 11) is 0. The summed E-state index contributed by atoms with van der Waals surface area (Å²) in [5.41, 5.74) is 0.835. The average molecular weight is 246 g/mol. The van der Waals surface area contributed by atoms with Gasteiger partial charge in [0.05, 0.1) is 6.10 Å². The summed E-state index contributed by atoms with van der Waals surface area (Å²) in [5, 5.41) is 0. The fourth-order valence-electron chi connectivity index (χ4n) is 2.54. The molecule has 1 saturated heterocycles. The van der Waals surface area contributed by atoms with Gasteiger partial charge in [0, 0.05) is 18.1 Å². The molecule has 0 bridgehead atoms. The van der Waals surface area contributed by atoms with E-state index in [9.17, 15) is 4.79 Å². The third-order valence-corrected chi connectivity index (χ3v) is 3.69. The van der Waals surface area contributed by atoms with E-state index in [0.717, 1.165) is 31.4 Å². The highest BCUT2D eigenvalue weighted by Crippen LogP contribution is 2.20. The molecule has 0 radical (unpaired) electrons. The Balaban J connectivity index is 1.74. The second kappa shape index (κ2) is 6.69. The van der Waals surface area contributed by atoms with Crippen LogP contribution in [0.4, 0.5) is 0 Å². The van der Waals surface area contributed by atoms with Gasteiger partial charge in [-0.1, -0.05) is 43.7 Å². The molecule has 2 atom stereocenters. The Morgan fingerprint density at radius 1 is 1.39 bits per heavy atom. The highest BCUT2D eigenvalue weighted by atomic mass is 16.5. The summed E-state index contributed by atoms with van der Waals surface area (Å²) < 4.78 is 5.59. The monoisotopic (exact) mass is 246 g/mol. The average Bonchev–Trinajstić information content (AvgIpc) is 2.92. The van der Waals surface area contributed by atoms with Crippen LogP contribution in [-0.4, -0.2) is 18.5 Å². The third kappa shape index (κ3) is 3.67. The summed E-state index contributed by atoms with van der Waals surface area (Å²) in [6.07, 6.45) is 6.00. The molecule has 0 spiro atoms. The Labute approximate surface area is 109 Å². The molecule has 2 nitrogen and oxygen atoms in total. The van der Waals surface area contributed by atoms with Crippen molar-refractivity contribution < 1.29 is 9.53 Å². The predicted octanol–water partition coefficient (Wildman–Crippen LogP) is 3.85. The number of carbonyl (C=O) groups excluding carboxylic acids is 1. The lowest BCUT2D eigenvalue weighted by atomic mass is 9.93. The van der Waals surface area contributed by atoms with Gasteiger partial charge in [0.15, 0.2) is 5.78 Å². The number of ketones is 1. The van der Waals surface area contributed by atoms with E-state index < -0.39 is 0 Å². The topological polar surface area (TPSA) is 26.3 Å². The molecule has 0 aromatic heterocycles. The maximum Gasteiger partial charge on any atom is 0.165 e. The van der Waals surface area contributed by atoms with Crippen LogP contribution in [0.1, 0.15) is 49.4 Å². The van der Waals surface area contributed by atoms with Crippen LogP contribution in [0.2, 0.25) is 0 Å². The lowest BCUT2D eigenvalue weighted by molar-refractivity contribution is 0.0890. The molecule has 98 valence electrons. The maximum absolute atomic E-state index is 12.1. The van der Waals surface area contributed by atoms with Gasteiger partial charge in [-0.05, 0) is 25.7 Å². The summed E-state index contributed by atoms with van der Waals surface area (Å²) in [6.45, 7) is 2.95. The van der Waals surface area contributed by atoms with Crippen LogP contribution in [0.15, 0.2) is 30.3 Å². The SMILES string of the molecule is CC(CCCC1CCCO1)C(=O)c1ccccc1. The van der Waals surface area contributed by atoms with Gasteiger partial charge in [-0.25, -0.2) is 0 Å². The predicted molar refractivity (Wildman–Crippen MR) is 72.8 cm³/mol. The minimum atomic E-state index is 0.119. The van der Waals surface area contributed by atoms with Crippen LogP contribution in [0, 0.1) is 5.92 Å². The Bertz CT molecular complexity index is 366. The standard InChI is InChI=1S/C16H22O2/c1-13(7-5-10-15-11-6-12-18-15)16(17)14-8-3-2-4-9-14/h2-4,8-9,13,15H,5-7,10-12H2,1H3. The van der Waals surface area contributed by atoms with E-state index in [2.05, 4.69) is 0 Å². The number of carbonyl (C=O) groups is 1. The number of benzene rings is 1. The van der Waals surface area contributed by atoms with Crippen LogP contribution in [-0.2, 0) is 4.74 Å². The Morgan fingerprint density at radius 3 is 2.83 bits per heavy atom. The summed E-state index contributed by atoms with van der Waals surface area (Å²) >= 11 is 0. The smallest absolute Gasteiger partial charge is 0.165 e. The molecular formula is C16H22O2. The molecule has 2 unspecified atom stereocenters. The van der Waals surface area contributed by atoms with Crippen molar-refractivity contribution in [1.29, 1.82) is 0 Å². The van der Waals surface area contributed by atoms with Crippen LogP contribution in [0.25, 0.3) is 0 Å². The lowest BCUT2D eigenvalue weighted by Crippen LogP contribution is -2.12. The van der Waals surface area contributed by atoms with Gasteiger partial charge in [-0.2, -0.15) is 0 Å². The maximum atomic E-state index is 12.1. The van der Waals surface area contributed by atoms with Crippen molar-refractivity contribution in [3.8, 4) is 0 Å². The molecule has 0 aliphatic carbocycles. The zero-order chi connectivity index (χ0) is 12.8. The lowest BCUT2D eigenvalue weighted by Gasteiger charge is -2.12. The molecule has 1 aliphatic heterocycles. The molecule has 1 heterocycles. The number of Topliss-reactive ketones (excluding diaryl/α,β-unsaturated/α-hetero) is 1. The van der Waals surface area contributed by atoms with E-state index in [0.29, 0.717) is 6.10 Å². The first kappa shape index (κ1) is 13.3. The highest BCUT2D eigenvalue weighted by Gasteiger charge is 2.18. The van der Waals surface area contributed by atoms with Crippen LogP contribution in [0.5, 0.6) is 0 Å². The summed E-state index contributed by atoms with van der Waals surface area (Å²) in [4.78, 5) is 12.1. The quantitative estimate of drug-likeness (QED) is 0.712. The number of ether oxygens (including phenoxy) is 1. The largest absolute Gasteiger partial charge is 0.378 e. The van der Waals surface area contributed by atoms with E-state index in [-0.39, 0.29) is 11.7 Å². The number of rotatable bonds is 6. The molecule has 1 aromatic carbocycles. The Morgan fingerprint density at radius 2 is 2.17 bits per heavy atom. The number of hydrogen-bond donors (Lipinski definition) is 0. The second-order valence-electron chi connectivity index (χ2n) is 5.20. The van der Waals surface area contributed by atoms with E-state index in [1.54, 1.807) is 0 Å². The van der Waals surface area contributed by atoms with Gasteiger partial charge in [0.25, 0.3) is 0 Å². The van der Waals surface area contributed by atoms with Crippen molar-refractivity contribution in [3.63, 3.8) is 0 Å². The van der Waals surface area contributed by atoms with E-state index in [1.807, 2.05) is 37.3 Å². The first-order chi connectivity index (χ1) is 8.77. The molecule has 2 heteroatoms. The normalized spacial score (nSPS) is 20.8. The molecule has 1 aromatic rings. The molecule has 1 aliphatic rings. The van der Waals surface area contributed by atoms with Gasteiger partial charge in [0.2, 0.25) is 0 Å². The molecular weight excluding hydrogens is 224 g/mol. The zero-order valence-electron chi connectivity index (χ0n) is 11.1. The van der Waals surface area contributed by atoms with Crippen molar-refractivity contribution >= 4 is 5.78 Å². The van der Waals surface area contributed by atoms with Gasteiger partial charge >= 0.3 is 0 Å². The molecule has 2 rings (SSSR count). The van der Waals surface area contributed by atoms with Crippen LogP contribution >= 0.6 is 0 Å². The first-order valence-corrected chi connectivity index (χ1v) is 6.98. The molecule has 0 saturated carbocycles. The molecule has 1 fully saturated rings.